The van der Waals surface area contributed by atoms with Crippen LogP contribution >= 0.6 is 0 Å². The van der Waals surface area contributed by atoms with E-state index in [1.165, 1.54) is 0 Å². The summed E-state index contributed by atoms with van der Waals surface area (Å²) in [5, 5.41) is 0. The Kier molecular flexibility index (Phi) is 3.21. The predicted octanol–water partition coefficient (Wildman–Crippen LogP) is -0.354. The molecular weight excluding hydrogens is 206 g/mol. The number of nitrogens with two attached hydrogens (primary N) is 3. The number of nitrogens with zero attached hydrogens (tertiary/aromatic N) is 2. The zero-order chi connectivity index (χ0) is 11.5. The fraction of sp³-hybridized carbons (Fsp3) is 0.600. The summed E-state index contributed by atoms with van der Waals surface area (Å²) in [6.45, 7) is 1.96. The summed E-state index contributed by atoms with van der Waals surface area (Å²) in [6.07, 6.45) is 1.63. The first kappa shape index (κ1) is 11.1. The Labute approximate surface area is 94.2 Å². The molecule has 1 unspecified atom stereocenters. The lowest BCUT2D eigenvalue weighted by molar-refractivity contribution is 0.193. The molecule has 6 N–H and O–H groups in total. The van der Waals surface area contributed by atoms with Crippen molar-refractivity contribution in [1.82, 2.24) is 9.97 Å². The largest absolute Gasteiger partial charge is 0.383 e. The molecule has 0 spiro atoms. The molecule has 2 heterocycles. The number of ether oxygens (including phenoxy) is 1. The molecule has 0 radical (unpaired) electrons. The zero-order valence-corrected chi connectivity index (χ0v) is 9.15. The Morgan fingerprint density at radius 3 is 2.75 bits per heavy atom. The minimum absolute atomic E-state index is 0.222. The van der Waals surface area contributed by atoms with Crippen molar-refractivity contribution < 1.29 is 4.74 Å². The lowest BCUT2D eigenvalue weighted by atomic mass is 9.98. The molecule has 2 rings (SSSR count). The Hall–Kier alpha value is -1.40. The molecule has 88 valence electrons. The summed E-state index contributed by atoms with van der Waals surface area (Å²) in [7, 11) is 0. The molecule has 1 fully saturated rings. The minimum atomic E-state index is 0.222. The third-order valence-electron chi connectivity index (χ3n) is 2.80. The Morgan fingerprint density at radius 1 is 1.31 bits per heavy atom. The van der Waals surface area contributed by atoms with Gasteiger partial charge in [0.25, 0.3) is 0 Å². The van der Waals surface area contributed by atoms with E-state index >= 15 is 0 Å². The molecule has 6 nitrogen and oxygen atoms in total. The van der Waals surface area contributed by atoms with E-state index in [4.69, 9.17) is 21.9 Å². The third-order valence-corrected chi connectivity index (χ3v) is 2.80. The second-order valence-corrected chi connectivity index (χ2v) is 3.93. The van der Waals surface area contributed by atoms with Gasteiger partial charge in [0.2, 0.25) is 5.95 Å². The molecule has 16 heavy (non-hydrogen) atoms. The molecule has 0 saturated carbocycles. The Bertz CT molecular complexity index is 376. The van der Waals surface area contributed by atoms with Crippen LogP contribution in [0.1, 0.15) is 23.6 Å². The summed E-state index contributed by atoms with van der Waals surface area (Å²) in [5.74, 6) is 0.939. The molecule has 6 heteroatoms. The standard InChI is InChI=1S/C10H17N5O/c11-3-1-7-8(6-2-4-16-5-6)14-10(13)15-9(7)12/h6H,1-5,11H2,(H4,12,13,14,15). The number of nitrogen functional groups attached to an aromatic ring is 2. The van der Waals surface area contributed by atoms with Crippen molar-refractivity contribution in [2.24, 2.45) is 5.73 Å². The zero-order valence-electron chi connectivity index (χ0n) is 9.15. The van der Waals surface area contributed by atoms with Crippen LogP contribution in [0.4, 0.5) is 11.8 Å². The van der Waals surface area contributed by atoms with Gasteiger partial charge in [0, 0.05) is 18.1 Å². The smallest absolute Gasteiger partial charge is 0.222 e. The number of hydrogen-bond donors (Lipinski definition) is 3. The van der Waals surface area contributed by atoms with E-state index in [1.807, 2.05) is 0 Å². The van der Waals surface area contributed by atoms with Crippen LogP contribution < -0.4 is 17.2 Å². The van der Waals surface area contributed by atoms with Crippen LogP contribution in [0.3, 0.4) is 0 Å². The second kappa shape index (κ2) is 4.63. The normalized spacial score (nSPS) is 20.2. The summed E-state index contributed by atoms with van der Waals surface area (Å²) in [5.41, 5.74) is 18.9. The van der Waals surface area contributed by atoms with E-state index in [2.05, 4.69) is 9.97 Å². The second-order valence-electron chi connectivity index (χ2n) is 3.93. The molecular formula is C10H17N5O. The van der Waals surface area contributed by atoms with Gasteiger partial charge in [0.1, 0.15) is 5.82 Å². The van der Waals surface area contributed by atoms with Gasteiger partial charge in [0.05, 0.1) is 12.3 Å². The van der Waals surface area contributed by atoms with E-state index in [0.29, 0.717) is 25.4 Å². The monoisotopic (exact) mass is 223 g/mol. The van der Waals surface area contributed by atoms with Gasteiger partial charge >= 0.3 is 0 Å². The molecule has 0 aromatic carbocycles. The van der Waals surface area contributed by atoms with Crippen molar-refractivity contribution in [1.29, 1.82) is 0 Å². The lowest BCUT2D eigenvalue weighted by Crippen LogP contribution is -2.15. The molecule has 1 aliphatic heterocycles. The SMILES string of the molecule is NCCc1c(N)nc(N)nc1C1CCOC1. The summed E-state index contributed by atoms with van der Waals surface area (Å²) in [4.78, 5) is 8.26. The quantitative estimate of drug-likeness (QED) is 0.645. The van der Waals surface area contributed by atoms with Crippen LogP contribution in [0, 0.1) is 0 Å². The summed E-state index contributed by atoms with van der Waals surface area (Å²) in [6, 6.07) is 0. The first-order valence-corrected chi connectivity index (χ1v) is 5.42. The van der Waals surface area contributed by atoms with Crippen molar-refractivity contribution >= 4 is 11.8 Å². The Morgan fingerprint density at radius 2 is 2.12 bits per heavy atom. The van der Waals surface area contributed by atoms with Crippen molar-refractivity contribution in [3.8, 4) is 0 Å². The van der Waals surface area contributed by atoms with Gasteiger partial charge in [-0.3, -0.25) is 0 Å². The summed E-state index contributed by atoms with van der Waals surface area (Å²) >= 11 is 0. The number of hydrogen-bond acceptors (Lipinski definition) is 6. The van der Waals surface area contributed by atoms with Gasteiger partial charge in [-0.15, -0.1) is 0 Å². The topological polar surface area (TPSA) is 113 Å². The average molecular weight is 223 g/mol. The maximum atomic E-state index is 5.85. The number of aromatic nitrogens is 2. The molecule has 1 aromatic rings. The molecule has 1 aromatic heterocycles. The van der Waals surface area contributed by atoms with Gasteiger partial charge in [-0.1, -0.05) is 0 Å². The first-order chi connectivity index (χ1) is 7.72. The van der Waals surface area contributed by atoms with Crippen molar-refractivity contribution in [3.05, 3.63) is 11.3 Å². The molecule has 1 aliphatic rings. The highest BCUT2D eigenvalue weighted by Crippen LogP contribution is 2.29. The lowest BCUT2D eigenvalue weighted by Gasteiger charge is -2.14. The fourth-order valence-corrected chi connectivity index (χ4v) is 2.03. The van der Waals surface area contributed by atoms with Crippen LogP contribution in [-0.4, -0.2) is 29.7 Å². The number of rotatable bonds is 3. The minimum Gasteiger partial charge on any atom is -0.383 e. The van der Waals surface area contributed by atoms with Crippen LogP contribution in [-0.2, 0) is 11.2 Å². The van der Waals surface area contributed by atoms with Gasteiger partial charge in [0.15, 0.2) is 0 Å². The van der Waals surface area contributed by atoms with Gasteiger partial charge in [-0.2, -0.15) is 4.98 Å². The highest BCUT2D eigenvalue weighted by atomic mass is 16.5. The van der Waals surface area contributed by atoms with Gasteiger partial charge in [-0.25, -0.2) is 4.98 Å². The van der Waals surface area contributed by atoms with Gasteiger partial charge < -0.3 is 21.9 Å². The summed E-state index contributed by atoms with van der Waals surface area (Å²) < 4.78 is 5.35. The highest BCUT2D eigenvalue weighted by Gasteiger charge is 2.24. The van der Waals surface area contributed by atoms with Crippen LogP contribution in [0.2, 0.25) is 0 Å². The van der Waals surface area contributed by atoms with Crippen LogP contribution in [0.25, 0.3) is 0 Å². The predicted molar refractivity (Wildman–Crippen MR) is 61.8 cm³/mol. The van der Waals surface area contributed by atoms with Crippen molar-refractivity contribution in [3.63, 3.8) is 0 Å². The van der Waals surface area contributed by atoms with E-state index in [9.17, 15) is 0 Å². The van der Waals surface area contributed by atoms with Crippen LogP contribution in [0.15, 0.2) is 0 Å². The third kappa shape index (κ3) is 2.07. The molecule has 0 amide bonds. The maximum absolute atomic E-state index is 5.85. The molecule has 0 aliphatic carbocycles. The van der Waals surface area contributed by atoms with Crippen molar-refractivity contribution in [2.45, 2.75) is 18.8 Å². The van der Waals surface area contributed by atoms with E-state index < -0.39 is 0 Å². The van der Waals surface area contributed by atoms with Gasteiger partial charge in [-0.05, 0) is 19.4 Å². The number of anilines is 2. The fourth-order valence-electron chi connectivity index (χ4n) is 2.03. The van der Waals surface area contributed by atoms with Crippen molar-refractivity contribution in [2.75, 3.05) is 31.2 Å². The Balaban J connectivity index is 2.39. The highest BCUT2D eigenvalue weighted by molar-refractivity contribution is 5.47. The van der Waals surface area contributed by atoms with E-state index in [-0.39, 0.29) is 11.9 Å². The maximum Gasteiger partial charge on any atom is 0.222 e. The average Bonchev–Trinajstić information content (AvgIpc) is 2.75. The molecule has 1 atom stereocenters. The first-order valence-electron chi connectivity index (χ1n) is 5.42. The molecule has 1 saturated heterocycles. The van der Waals surface area contributed by atoms with Crippen LogP contribution in [0.5, 0.6) is 0 Å². The van der Waals surface area contributed by atoms with E-state index in [1.54, 1.807) is 0 Å². The molecule has 0 bridgehead atoms. The van der Waals surface area contributed by atoms with E-state index in [0.717, 1.165) is 24.3 Å².